The molecule has 1 aromatic carbocycles. The van der Waals surface area contributed by atoms with Crippen molar-refractivity contribution in [3.05, 3.63) is 23.2 Å². The lowest BCUT2D eigenvalue weighted by atomic mass is 10.1. The fraction of sp³-hybridized carbons (Fsp3) is 0.500. The lowest BCUT2D eigenvalue weighted by Crippen LogP contribution is -2.29. The van der Waals surface area contributed by atoms with Crippen molar-refractivity contribution in [2.75, 3.05) is 17.7 Å². The third kappa shape index (κ3) is 2.78. The molecule has 1 unspecified atom stereocenters. The molecule has 0 aromatic heterocycles. The highest BCUT2D eigenvalue weighted by atomic mass is 35.5. The molecule has 2 nitrogen and oxygen atoms in total. The van der Waals surface area contributed by atoms with Crippen LogP contribution in [0.25, 0.3) is 0 Å². The Morgan fingerprint density at radius 3 is 2.67 bits per heavy atom. The van der Waals surface area contributed by atoms with E-state index in [0.717, 1.165) is 29.2 Å². The molecule has 0 aliphatic carbocycles. The molecule has 0 radical (unpaired) electrons. The Hall–Kier alpha value is -0.890. The lowest BCUT2D eigenvalue weighted by molar-refractivity contribution is 0.617. The van der Waals surface area contributed by atoms with Crippen LogP contribution in [0.5, 0.6) is 0 Å². The van der Waals surface area contributed by atoms with Crippen LogP contribution in [-0.2, 0) is 0 Å². The molecule has 0 amide bonds. The van der Waals surface area contributed by atoms with Crippen molar-refractivity contribution in [2.24, 2.45) is 0 Å². The second-order valence-electron chi connectivity index (χ2n) is 3.93. The van der Waals surface area contributed by atoms with Gasteiger partial charge in [-0.25, -0.2) is 0 Å². The van der Waals surface area contributed by atoms with E-state index in [1.54, 1.807) is 0 Å². The van der Waals surface area contributed by atoms with Crippen LogP contribution in [-0.4, -0.2) is 13.1 Å². The second-order valence-corrected chi connectivity index (χ2v) is 4.33. The summed E-state index contributed by atoms with van der Waals surface area (Å²) in [4.78, 5) is 2.15. The molecule has 1 aromatic rings. The number of nitrogens with two attached hydrogens (primary N) is 1. The van der Waals surface area contributed by atoms with Gasteiger partial charge in [-0.2, -0.15) is 0 Å². The first-order chi connectivity index (χ1) is 7.07. The monoisotopic (exact) mass is 226 g/mol. The number of halogens is 1. The maximum absolute atomic E-state index is 6.15. The maximum atomic E-state index is 6.15. The van der Waals surface area contributed by atoms with E-state index in [4.69, 9.17) is 17.3 Å². The summed E-state index contributed by atoms with van der Waals surface area (Å²) in [7, 11) is 2.04. The highest BCUT2D eigenvalue weighted by molar-refractivity contribution is 6.34. The van der Waals surface area contributed by atoms with Crippen LogP contribution < -0.4 is 10.6 Å². The minimum atomic E-state index is 0.456. The Kier molecular flexibility index (Phi) is 4.28. The molecule has 0 saturated carbocycles. The smallest absolute Gasteiger partial charge is 0.0788 e. The van der Waals surface area contributed by atoms with Gasteiger partial charge in [0.2, 0.25) is 0 Å². The van der Waals surface area contributed by atoms with Crippen LogP contribution in [0.4, 0.5) is 11.4 Å². The molecule has 0 aliphatic heterocycles. The second kappa shape index (κ2) is 5.26. The molecule has 0 heterocycles. The summed E-state index contributed by atoms with van der Waals surface area (Å²) in [5.74, 6) is 0. The summed E-state index contributed by atoms with van der Waals surface area (Å²) < 4.78 is 0. The molecule has 3 heteroatoms. The van der Waals surface area contributed by atoms with Gasteiger partial charge in [-0.05, 0) is 25.5 Å². The van der Waals surface area contributed by atoms with Crippen LogP contribution in [0.2, 0.25) is 5.02 Å². The molecule has 1 atom stereocenters. The number of benzene rings is 1. The van der Waals surface area contributed by atoms with Gasteiger partial charge >= 0.3 is 0 Å². The van der Waals surface area contributed by atoms with Crippen molar-refractivity contribution in [3.8, 4) is 0 Å². The Balaban J connectivity index is 2.94. The molecular weight excluding hydrogens is 208 g/mol. The largest absolute Gasteiger partial charge is 0.397 e. The van der Waals surface area contributed by atoms with Gasteiger partial charge in [-0.15, -0.1) is 0 Å². The number of hydrogen-bond acceptors (Lipinski definition) is 2. The van der Waals surface area contributed by atoms with Gasteiger partial charge in [-0.1, -0.05) is 31.0 Å². The molecule has 0 bridgehead atoms. The summed E-state index contributed by atoms with van der Waals surface area (Å²) in [6.07, 6.45) is 2.30. The van der Waals surface area contributed by atoms with Crippen LogP contribution in [0.15, 0.2) is 18.2 Å². The molecule has 2 N–H and O–H groups in total. The molecule has 0 fully saturated rings. The first kappa shape index (κ1) is 12.2. The van der Waals surface area contributed by atoms with Crippen molar-refractivity contribution in [1.82, 2.24) is 0 Å². The van der Waals surface area contributed by atoms with E-state index >= 15 is 0 Å². The van der Waals surface area contributed by atoms with Gasteiger partial charge < -0.3 is 10.6 Å². The summed E-state index contributed by atoms with van der Waals surface area (Å²) in [5, 5.41) is 0.723. The van der Waals surface area contributed by atoms with Crippen LogP contribution in [0, 0.1) is 0 Å². The standard InChI is InChI=1S/C12H19ClN2/c1-4-6-9(2)15(3)12-10(13)7-5-8-11(12)14/h5,7-9H,4,6,14H2,1-3H3. The summed E-state index contributed by atoms with van der Waals surface area (Å²) in [6.45, 7) is 4.37. The first-order valence-electron chi connectivity index (χ1n) is 5.34. The number of rotatable bonds is 4. The van der Waals surface area contributed by atoms with Crippen LogP contribution in [0.1, 0.15) is 26.7 Å². The van der Waals surface area contributed by atoms with E-state index in [2.05, 4.69) is 18.7 Å². The van der Waals surface area contributed by atoms with Crippen molar-refractivity contribution in [1.29, 1.82) is 0 Å². The number of anilines is 2. The summed E-state index contributed by atoms with van der Waals surface area (Å²) in [5.41, 5.74) is 7.62. The molecular formula is C12H19ClN2. The van der Waals surface area contributed by atoms with Crippen molar-refractivity contribution in [2.45, 2.75) is 32.7 Å². The average molecular weight is 227 g/mol. The van der Waals surface area contributed by atoms with E-state index in [9.17, 15) is 0 Å². The Labute approximate surface area is 97.0 Å². The third-order valence-electron chi connectivity index (χ3n) is 2.74. The quantitative estimate of drug-likeness (QED) is 0.796. The number of nitrogens with zero attached hydrogens (tertiary/aromatic N) is 1. The number of para-hydroxylation sites is 1. The zero-order valence-electron chi connectivity index (χ0n) is 9.63. The molecule has 1 rings (SSSR count). The molecule has 15 heavy (non-hydrogen) atoms. The van der Waals surface area contributed by atoms with E-state index in [-0.39, 0.29) is 0 Å². The topological polar surface area (TPSA) is 29.3 Å². The van der Waals surface area contributed by atoms with Crippen molar-refractivity contribution in [3.63, 3.8) is 0 Å². The highest BCUT2D eigenvalue weighted by Crippen LogP contribution is 2.32. The van der Waals surface area contributed by atoms with Gasteiger partial charge in [0.05, 0.1) is 16.4 Å². The van der Waals surface area contributed by atoms with Gasteiger partial charge in [0.1, 0.15) is 0 Å². The molecule has 0 aliphatic rings. The molecule has 0 saturated heterocycles. The fourth-order valence-electron chi connectivity index (χ4n) is 1.74. The van der Waals surface area contributed by atoms with Crippen molar-refractivity contribution < 1.29 is 0 Å². The summed E-state index contributed by atoms with van der Waals surface area (Å²) in [6, 6.07) is 6.09. The Morgan fingerprint density at radius 2 is 2.13 bits per heavy atom. The van der Waals surface area contributed by atoms with E-state index in [1.807, 2.05) is 25.2 Å². The van der Waals surface area contributed by atoms with Crippen LogP contribution >= 0.6 is 11.6 Å². The maximum Gasteiger partial charge on any atom is 0.0788 e. The fourth-order valence-corrected chi connectivity index (χ4v) is 2.05. The molecule has 0 spiro atoms. The zero-order valence-corrected chi connectivity index (χ0v) is 10.4. The van der Waals surface area contributed by atoms with Gasteiger partial charge in [0, 0.05) is 13.1 Å². The highest BCUT2D eigenvalue weighted by Gasteiger charge is 2.14. The Bertz CT molecular complexity index is 305. The minimum absolute atomic E-state index is 0.456. The predicted octanol–water partition coefficient (Wildman–Crippen LogP) is 3.55. The third-order valence-corrected chi connectivity index (χ3v) is 3.04. The van der Waals surface area contributed by atoms with Gasteiger partial charge in [-0.3, -0.25) is 0 Å². The number of hydrogen-bond donors (Lipinski definition) is 1. The SMILES string of the molecule is CCCC(C)N(C)c1c(N)cccc1Cl. The average Bonchev–Trinajstić information content (AvgIpc) is 2.17. The van der Waals surface area contributed by atoms with E-state index in [1.165, 1.54) is 0 Å². The predicted molar refractivity (Wildman–Crippen MR) is 68.6 cm³/mol. The van der Waals surface area contributed by atoms with E-state index < -0.39 is 0 Å². The van der Waals surface area contributed by atoms with Crippen molar-refractivity contribution >= 4 is 23.0 Å². The normalized spacial score (nSPS) is 12.5. The van der Waals surface area contributed by atoms with Gasteiger partial charge in [0.25, 0.3) is 0 Å². The first-order valence-corrected chi connectivity index (χ1v) is 5.72. The number of nitrogen functional groups attached to an aromatic ring is 1. The van der Waals surface area contributed by atoms with Gasteiger partial charge in [0.15, 0.2) is 0 Å². The van der Waals surface area contributed by atoms with Crippen LogP contribution in [0.3, 0.4) is 0 Å². The lowest BCUT2D eigenvalue weighted by Gasteiger charge is -2.28. The summed E-state index contributed by atoms with van der Waals surface area (Å²) >= 11 is 6.15. The molecule has 84 valence electrons. The van der Waals surface area contributed by atoms with E-state index in [0.29, 0.717) is 6.04 Å². The Morgan fingerprint density at radius 1 is 1.47 bits per heavy atom. The zero-order chi connectivity index (χ0) is 11.4. The minimum Gasteiger partial charge on any atom is -0.397 e.